The summed E-state index contributed by atoms with van der Waals surface area (Å²) in [5, 5.41) is 3.67. The SMILES string of the molecule is CS(=O)(=O)N1CCc2c(cccc2NC(=O)CSCc2ccc(Cl)cc2)C1. The maximum absolute atomic E-state index is 12.3. The molecule has 1 amide bonds. The second-order valence-corrected chi connectivity index (χ2v) is 9.86. The third-order valence-corrected chi connectivity index (χ3v) is 6.89. The Hall–Kier alpha value is -1.54. The molecule has 0 aromatic heterocycles. The number of sulfonamides is 1. The average Bonchev–Trinajstić information content (AvgIpc) is 2.62. The van der Waals surface area contributed by atoms with E-state index in [0.717, 1.165) is 28.1 Å². The summed E-state index contributed by atoms with van der Waals surface area (Å²) in [6.45, 7) is 0.785. The van der Waals surface area contributed by atoms with E-state index in [1.807, 2.05) is 42.5 Å². The predicted molar refractivity (Wildman–Crippen MR) is 112 cm³/mol. The first-order valence-corrected chi connectivity index (χ1v) is 11.9. The standard InChI is InChI=1S/C19H21ClN2O3S2/c1-27(24,25)22-10-9-17-15(11-22)3-2-4-18(17)21-19(23)13-26-12-14-5-7-16(20)8-6-14/h2-8H,9-13H2,1H3,(H,21,23). The zero-order chi connectivity index (χ0) is 19.4. The third-order valence-electron chi connectivity index (χ3n) is 4.39. The Morgan fingerprint density at radius 1 is 1.22 bits per heavy atom. The number of carbonyl (C=O) groups excluding carboxylic acids is 1. The molecule has 1 heterocycles. The first kappa shape index (κ1) is 20.2. The highest BCUT2D eigenvalue weighted by Crippen LogP contribution is 2.27. The summed E-state index contributed by atoms with van der Waals surface area (Å²) < 4.78 is 25.0. The van der Waals surface area contributed by atoms with Crippen LogP contribution in [0.4, 0.5) is 5.69 Å². The fraction of sp³-hybridized carbons (Fsp3) is 0.316. The van der Waals surface area contributed by atoms with E-state index in [9.17, 15) is 13.2 Å². The van der Waals surface area contributed by atoms with E-state index in [-0.39, 0.29) is 5.91 Å². The summed E-state index contributed by atoms with van der Waals surface area (Å²) in [4.78, 5) is 12.3. The van der Waals surface area contributed by atoms with Crippen molar-refractivity contribution in [2.45, 2.75) is 18.7 Å². The summed E-state index contributed by atoms with van der Waals surface area (Å²) in [5.41, 5.74) is 3.86. The van der Waals surface area contributed by atoms with Gasteiger partial charge in [-0.1, -0.05) is 35.9 Å². The van der Waals surface area contributed by atoms with Crippen molar-refractivity contribution in [3.63, 3.8) is 0 Å². The summed E-state index contributed by atoms with van der Waals surface area (Å²) >= 11 is 7.41. The highest BCUT2D eigenvalue weighted by atomic mass is 35.5. The van der Waals surface area contributed by atoms with E-state index in [0.29, 0.717) is 30.3 Å². The zero-order valence-corrected chi connectivity index (χ0v) is 17.3. The molecule has 0 unspecified atom stereocenters. The summed E-state index contributed by atoms with van der Waals surface area (Å²) in [6.07, 6.45) is 1.82. The van der Waals surface area contributed by atoms with Gasteiger partial charge in [-0.25, -0.2) is 8.42 Å². The number of thioether (sulfide) groups is 1. The fourth-order valence-corrected chi connectivity index (χ4v) is 4.72. The number of rotatable bonds is 6. The lowest BCUT2D eigenvalue weighted by atomic mass is 9.99. The van der Waals surface area contributed by atoms with Gasteiger partial charge in [0.25, 0.3) is 0 Å². The molecule has 0 saturated heterocycles. The average molecular weight is 425 g/mol. The van der Waals surface area contributed by atoms with Crippen molar-refractivity contribution in [3.05, 3.63) is 64.2 Å². The molecule has 0 aliphatic carbocycles. The quantitative estimate of drug-likeness (QED) is 0.770. The van der Waals surface area contributed by atoms with Gasteiger partial charge in [-0.3, -0.25) is 4.79 Å². The normalized spacial score (nSPS) is 14.6. The Balaban J connectivity index is 1.58. The predicted octanol–water partition coefficient (Wildman–Crippen LogP) is 3.53. The Bertz CT molecular complexity index is 930. The van der Waals surface area contributed by atoms with Crippen LogP contribution >= 0.6 is 23.4 Å². The molecule has 1 aliphatic heterocycles. The Morgan fingerprint density at radius 2 is 1.96 bits per heavy atom. The van der Waals surface area contributed by atoms with E-state index in [1.165, 1.54) is 22.3 Å². The van der Waals surface area contributed by atoms with Crippen LogP contribution in [-0.4, -0.2) is 37.2 Å². The van der Waals surface area contributed by atoms with Crippen LogP contribution in [0.5, 0.6) is 0 Å². The number of hydrogen-bond acceptors (Lipinski definition) is 4. The van der Waals surface area contributed by atoms with Gasteiger partial charge in [0.1, 0.15) is 0 Å². The molecule has 1 aliphatic rings. The maximum atomic E-state index is 12.3. The minimum atomic E-state index is -3.21. The Morgan fingerprint density at radius 3 is 2.67 bits per heavy atom. The molecule has 8 heteroatoms. The number of benzene rings is 2. The van der Waals surface area contributed by atoms with Crippen LogP contribution in [0, 0.1) is 0 Å². The van der Waals surface area contributed by atoms with E-state index < -0.39 is 10.0 Å². The molecule has 27 heavy (non-hydrogen) atoms. The topological polar surface area (TPSA) is 66.5 Å². The van der Waals surface area contributed by atoms with Crippen molar-refractivity contribution in [1.82, 2.24) is 4.31 Å². The van der Waals surface area contributed by atoms with Gasteiger partial charge in [-0.15, -0.1) is 11.8 Å². The largest absolute Gasteiger partial charge is 0.325 e. The van der Waals surface area contributed by atoms with Gasteiger partial charge in [-0.2, -0.15) is 4.31 Å². The molecule has 0 bridgehead atoms. The summed E-state index contributed by atoms with van der Waals surface area (Å²) in [6, 6.07) is 13.2. The molecule has 0 radical (unpaired) electrons. The number of hydrogen-bond donors (Lipinski definition) is 1. The molecule has 0 saturated carbocycles. The van der Waals surface area contributed by atoms with E-state index in [4.69, 9.17) is 11.6 Å². The van der Waals surface area contributed by atoms with Crippen molar-refractivity contribution in [2.75, 3.05) is 23.9 Å². The maximum Gasteiger partial charge on any atom is 0.234 e. The molecule has 3 rings (SSSR count). The van der Waals surface area contributed by atoms with Gasteiger partial charge in [-0.05, 0) is 41.3 Å². The van der Waals surface area contributed by atoms with Crippen molar-refractivity contribution in [3.8, 4) is 0 Å². The number of nitrogens with zero attached hydrogens (tertiary/aromatic N) is 1. The van der Waals surface area contributed by atoms with Gasteiger partial charge < -0.3 is 5.32 Å². The number of halogens is 1. The smallest absolute Gasteiger partial charge is 0.234 e. The molecular weight excluding hydrogens is 404 g/mol. The van der Waals surface area contributed by atoms with Gasteiger partial charge in [0.05, 0.1) is 12.0 Å². The van der Waals surface area contributed by atoms with Crippen LogP contribution in [0.25, 0.3) is 0 Å². The van der Waals surface area contributed by atoms with Crippen molar-refractivity contribution < 1.29 is 13.2 Å². The van der Waals surface area contributed by atoms with Gasteiger partial charge >= 0.3 is 0 Å². The van der Waals surface area contributed by atoms with Crippen LogP contribution in [0.3, 0.4) is 0 Å². The molecule has 0 fully saturated rings. The molecule has 2 aromatic rings. The van der Waals surface area contributed by atoms with Crippen LogP contribution in [0.2, 0.25) is 5.02 Å². The Labute approximate surface area is 169 Å². The van der Waals surface area contributed by atoms with Crippen molar-refractivity contribution >= 4 is 45.0 Å². The van der Waals surface area contributed by atoms with E-state index in [2.05, 4.69) is 5.32 Å². The molecule has 2 aromatic carbocycles. The van der Waals surface area contributed by atoms with E-state index in [1.54, 1.807) is 0 Å². The molecular formula is C19H21ClN2O3S2. The lowest BCUT2D eigenvalue weighted by Gasteiger charge is -2.28. The van der Waals surface area contributed by atoms with Gasteiger partial charge in [0.2, 0.25) is 15.9 Å². The highest BCUT2D eigenvalue weighted by Gasteiger charge is 2.24. The number of nitrogens with one attached hydrogen (secondary N) is 1. The first-order chi connectivity index (χ1) is 12.8. The minimum absolute atomic E-state index is 0.0621. The zero-order valence-electron chi connectivity index (χ0n) is 14.9. The highest BCUT2D eigenvalue weighted by molar-refractivity contribution is 7.99. The number of carbonyl (C=O) groups is 1. The fourth-order valence-electron chi connectivity index (χ4n) is 3.01. The molecule has 144 valence electrons. The van der Waals surface area contributed by atoms with Gasteiger partial charge in [0.15, 0.2) is 0 Å². The molecule has 5 nitrogen and oxygen atoms in total. The lowest BCUT2D eigenvalue weighted by molar-refractivity contribution is -0.113. The lowest BCUT2D eigenvalue weighted by Crippen LogP contribution is -2.35. The number of amides is 1. The van der Waals surface area contributed by atoms with Crippen LogP contribution in [-0.2, 0) is 33.5 Å². The first-order valence-electron chi connectivity index (χ1n) is 8.51. The van der Waals surface area contributed by atoms with Crippen LogP contribution in [0.1, 0.15) is 16.7 Å². The summed E-state index contributed by atoms with van der Waals surface area (Å²) in [7, 11) is -3.21. The second-order valence-electron chi connectivity index (χ2n) is 6.46. The Kier molecular flexibility index (Phi) is 6.47. The van der Waals surface area contributed by atoms with Crippen molar-refractivity contribution in [1.29, 1.82) is 0 Å². The number of fused-ring (bicyclic) bond motifs is 1. The second kappa shape index (κ2) is 8.65. The van der Waals surface area contributed by atoms with E-state index >= 15 is 0 Å². The van der Waals surface area contributed by atoms with Gasteiger partial charge in [0, 0.05) is 29.6 Å². The number of anilines is 1. The monoisotopic (exact) mass is 424 g/mol. The minimum Gasteiger partial charge on any atom is -0.325 e. The van der Waals surface area contributed by atoms with Crippen LogP contribution < -0.4 is 5.32 Å². The molecule has 0 spiro atoms. The third kappa shape index (κ3) is 5.48. The molecule has 0 atom stereocenters. The van der Waals surface area contributed by atoms with Crippen LogP contribution in [0.15, 0.2) is 42.5 Å². The molecule has 1 N–H and O–H groups in total. The summed E-state index contributed by atoms with van der Waals surface area (Å²) in [5.74, 6) is 1.02. The van der Waals surface area contributed by atoms with Crippen molar-refractivity contribution in [2.24, 2.45) is 0 Å².